The molecule has 0 saturated carbocycles. The van der Waals surface area contributed by atoms with Gasteiger partial charge in [0.2, 0.25) is 5.95 Å². The number of aromatic nitrogens is 6. The first-order chi connectivity index (χ1) is 9.76. The third-order valence-corrected chi connectivity index (χ3v) is 3.62. The number of rotatable bonds is 5. The van der Waals surface area contributed by atoms with Crippen LogP contribution in [0.4, 0.5) is 5.95 Å². The van der Waals surface area contributed by atoms with Gasteiger partial charge in [-0.05, 0) is 6.42 Å². The van der Waals surface area contributed by atoms with Crippen molar-refractivity contribution >= 4 is 28.9 Å². The number of fused-ring (bicyclic) bond motifs is 1. The normalized spacial score (nSPS) is 11.1. The van der Waals surface area contributed by atoms with Crippen molar-refractivity contribution in [2.24, 2.45) is 7.05 Å². The third kappa shape index (κ3) is 2.60. The maximum Gasteiger partial charge on any atom is 0.225 e. The van der Waals surface area contributed by atoms with Crippen molar-refractivity contribution in [3.8, 4) is 0 Å². The Balaban J connectivity index is 1.96. The summed E-state index contributed by atoms with van der Waals surface area (Å²) in [6.07, 6.45) is 6.42. The van der Waals surface area contributed by atoms with Crippen molar-refractivity contribution < 1.29 is 0 Å². The molecular formula is C12H15N7S. The second-order valence-electron chi connectivity index (χ2n) is 4.33. The van der Waals surface area contributed by atoms with Crippen LogP contribution in [0, 0.1) is 0 Å². The summed E-state index contributed by atoms with van der Waals surface area (Å²) in [7, 11) is 1.89. The number of aryl methyl sites for hydroxylation is 1. The van der Waals surface area contributed by atoms with Gasteiger partial charge in [-0.15, -0.1) is 0 Å². The summed E-state index contributed by atoms with van der Waals surface area (Å²) in [5.74, 6) is 0.609. The van der Waals surface area contributed by atoms with Gasteiger partial charge < -0.3 is 10.3 Å². The Morgan fingerprint density at radius 1 is 1.40 bits per heavy atom. The van der Waals surface area contributed by atoms with Gasteiger partial charge in [0.25, 0.3) is 0 Å². The van der Waals surface area contributed by atoms with Crippen LogP contribution in [0.25, 0.3) is 11.2 Å². The number of imidazole rings is 1. The first-order valence-electron chi connectivity index (χ1n) is 6.37. The molecule has 0 aliphatic heterocycles. The van der Waals surface area contributed by atoms with E-state index in [1.807, 2.05) is 19.4 Å². The number of nitrogens with one attached hydrogen (secondary N) is 2. The van der Waals surface area contributed by atoms with Crippen LogP contribution in [-0.4, -0.2) is 36.3 Å². The molecule has 0 unspecified atom stereocenters. The molecule has 0 spiro atoms. The van der Waals surface area contributed by atoms with Crippen molar-refractivity contribution in [2.75, 3.05) is 11.9 Å². The molecule has 104 valence electrons. The van der Waals surface area contributed by atoms with Crippen molar-refractivity contribution in [3.05, 3.63) is 18.7 Å². The van der Waals surface area contributed by atoms with Gasteiger partial charge in [-0.3, -0.25) is 4.68 Å². The lowest BCUT2D eigenvalue weighted by atomic mass is 10.5. The van der Waals surface area contributed by atoms with Crippen molar-refractivity contribution in [3.63, 3.8) is 0 Å². The second kappa shape index (κ2) is 5.49. The van der Waals surface area contributed by atoms with E-state index in [4.69, 9.17) is 0 Å². The Morgan fingerprint density at radius 2 is 2.30 bits per heavy atom. The summed E-state index contributed by atoms with van der Waals surface area (Å²) in [6, 6.07) is 0. The van der Waals surface area contributed by atoms with Gasteiger partial charge in [0.05, 0.1) is 17.4 Å². The van der Waals surface area contributed by atoms with Crippen molar-refractivity contribution in [1.82, 2.24) is 29.7 Å². The van der Waals surface area contributed by atoms with Crippen LogP contribution in [0.1, 0.15) is 13.3 Å². The van der Waals surface area contributed by atoms with Crippen LogP contribution in [0.3, 0.4) is 0 Å². The SMILES string of the molecule is CCCNc1nc(Sc2cnn(C)c2)c2[nH]cnc2n1. The molecule has 0 aliphatic rings. The highest BCUT2D eigenvalue weighted by atomic mass is 32.2. The van der Waals surface area contributed by atoms with Gasteiger partial charge in [-0.2, -0.15) is 10.1 Å². The number of hydrogen-bond acceptors (Lipinski definition) is 6. The number of nitrogens with zero attached hydrogens (tertiary/aromatic N) is 5. The Hall–Kier alpha value is -2.09. The Labute approximate surface area is 120 Å². The number of anilines is 1. The molecular weight excluding hydrogens is 274 g/mol. The average molecular weight is 289 g/mol. The predicted molar refractivity (Wildman–Crippen MR) is 77.8 cm³/mol. The molecule has 3 aromatic rings. The van der Waals surface area contributed by atoms with E-state index < -0.39 is 0 Å². The molecule has 0 amide bonds. The number of aromatic amines is 1. The zero-order chi connectivity index (χ0) is 13.9. The first-order valence-corrected chi connectivity index (χ1v) is 7.19. The molecule has 0 aliphatic carbocycles. The minimum atomic E-state index is 0.609. The molecule has 2 N–H and O–H groups in total. The smallest absolute Gasteiger partial charge is 0.225 e. The largest absolute Gasteiger partial charge is 0.354 e. The van der Waals surface area contributed by atoms with Gasteiger partial charge in [0, 0.05) is 19.8 Å². The molecule has 0 atom stereocenters. The molecule has 0 bridgehead atoms. The van der Waals surface area contributed by atoms with E-state index in [1.165, 1.54) is 0 Å². The van der Waals surface area contributed by atoms with Crippen LogP contribution in [0.15, 0.2) is 28.6 Å². The Morgan fingerprint density at radius 3 is 3.05 bits per heavy atom. The van der Waals surface area contributed by atoms with Crippen molar-refractivity contribution in [1.29, 1.82) is 0 Å². The first kappa shape index (κ1) is 12.9. The molecule has 0 saturated heterocycles. The average Bonchev–Trinajstić information content (AvgIpc) is 3.05. The summed E-state index contributed by atoms with van der Waals surface area (Å²) in [6.45, 7) is 2.94. The Kier molecular flexibility index (Phi) is 3.55. The summed E-state index contributed by atoms with van der Waals surface area (Å²) in [4.78, 5) is 17.3. The molecule has 3 aromatic heterocycles. The summed E-state index contributed by atoms with van der Waals surface area (Å²) >= 11 is 1.54. The second-order valence-corrected chi connectivity index (χ2v) is 5.39. The van der Waals surface area contributed by atoms with Crippen LogP contribution in [-0.2, 0) is 7.05 Å². The van der Waals surface area contributed by atoms with E-state index in [1.54, 1.807) is 22.8 Å². The molecule has 3 heterocycles. The van der Waals surface area contributed by atoms with E-state index in [0.717, 1.165) is 28.4 Å². The summed E-state index contributed by atoms with van der Waals surface area (Å²) < 4.78 is 1.77. The van der Waals surface area contributed by atoms with Crippen LogP contribution < -0.4 is 5.32 Å². The molecule has 0 radical (unpaired) electrons. The molecule has 8 heteroatoms. The fraction of sp³-hybridized carbons (Fsp3) is 0.333. The fourth-order valence-electron chi connectivity index (χ4n) is 1.76. The van der Waals surface area contributed by atoms with Gasteiger partial charge in [-0.1, -0.05) is 18.7 Å². The summed E-state index contributed by atoms with van der Waals surface area (Å²) in [5, 5.41) is 8.21. The highest BCUT2D eigenvalue weighted by Crippen LogP contribution is 2.30. The fourth-order valence-corrected chi connectivity index (χ4v) is 2.67. The molecule has 0 aromatic carbocycles. The summed E-state index contributed by atoms with van der Waals surface area (Å²) in [5.41, 5.74) is 1.52. The molecule has 3 rings (SSSR count). The number of H-pyrrole nitrogens is 1. The lowest BCUT2D eigenvalue weighted by Crippen LogP contribution is -2.05. The van der Waals surface area contributed by atoms with Crippen molar-refractivity contribution in [2.45, 2.75) is 23.3 Å². The zero-order valence-corrected chi connectivity index (χ0v) is 12.1. The topological polar surface area (TPSA) is 84.3 Å². The minimum Gasteiger partial charge on any atom is -0.354 e. The number of hydrogen-bond donors (Lipinski definition) is 2. The highest BCUT2D eigenvalue weighted by molar-refractivity contribution is 7.99. The van der Waals surface area contributed by atoms with Crippen LogP contribution >= 0.6 is 11.8 Å². The lowest BCUT2D eigenvalue weighted by Gasteiger charge is -2.05. The van der Waals surface area contributed by atoms with Gasteiger partial charge >= 0.3 is 0 Å². The highest BCUT2D eigenvalue weighted by Gasteiger charge is 2.12. The predicted octanol–water partition coefficient (Wildman–Crippen LogP) is 2.06. The minimum absolute atomic E-state index is 0.609. The van der Waals surface area contributed by atoms with E-state index in [9.17, 15) is 0 Å². The zero-order valence-electron chi connectivity index (χ0n) is 11.3. The van der Waals surface area contributed by atoms with E-state index >= 15 is 0 Å². The quantitative estimate of drug-likeness (QED) is 0.699. The molecule has 7 nitrogen and oxygen atoms in total. The standard InChI is InChI=1S/C12H15N7S/c1-3-4-13-12-17-10-9(14-7-15-10)11(18-12)20-8-5-16-19(2)6-8/h5-7H,3-4H2,1-2H3,(H2,13,14,15,17,18). The third-order valence-electron chi connectivity index (χ3n) is 2.68. The van der Waals surface area contributed by atoms with Crippen LogP contribution in [0.2, 0.25) is 0 Å². The van der Waals surface area contributed by atoms with Crippen LogP contribution in [0.5, 0.6) is 0 Å². The van der Waals surface area contributed by atoms with Gasteiger partial charge in [0.1, 0.15) is 10.5 Å². The Bertz CT molecular complexity index is 717. The maximum absolute atomic E-state index is 4.55. The maximum atomic E-state index is 4.55. The van der Waals surface area contributed by atoms with E-state index in [-0.39, 0.29) is 0 Å². The van der Waals surface area contributed by atoms with E-state index in [2.05, 4.69) is 37.3 Å². The van der Waals surface area contributed by atoms with E-state index in [0.29, 0.717) is 11.6 Å². The molecule has 20 heavy (non-hydrogen) atoms. The van der Waals surface area contributed by atoms with Gasteiger partial charge in [0.15, 0.2) is 5.65 Å². The molecule has 0 fully saturated rings. The lowest BCUT2D eigenvalue weighted by molar-refractivity contribution is 0.766. The van der Waals surface area contributed by atoms with Gasteiger partial charge in [-0.25, -0.2) is 9.97 Å². The monoisotopic (exact) mass is 289 g/mol.